The first-order valence-corrected chi connectivity index (χ1v) is 12.3. The number of hydrogen-bond donors (Lipinski definition) is 3. The van der Waals surface area contributed by atoms with Crippen LogP contribution in [0, 0.1) is 0 Å². The Morgan fingerprint density at radius 1 is 0.632 bits per heavy atom. The van der Waals surface area contributed by atoms with Gasteiger partial charge in [-0.3, -0.25) is 14.4 Å². The van der Waals surface area contributed by atoms with Crippen LogP contribution in [0.25, 0.3) is 0 Å². The van der Waals surface area contributed by atoms with E-state index in [1.54, 1.807) is 60.7 Å². The van der Waals surface area contributed by atoms with Gasteiger partial charge in [0, 0.05) is 28.3 Å². The van der Waals surface area contributed by atoms with E-state index in [-0.39, 0.29) is 27.3 Å². The van der Waals surface area contributed by atoms with Crippen molar-refractivity contribution < 1.29 is 14.4 Å². The molecule has 3 N–H and O–H groups in total. The van der Waals surface area contributed by atoms with E-state index in [2.05, 4.69) is 16.0 Å². The molecule has 0 spiro atoms. The van der Waals surface area contributed by atoms with Crippen LogP contribution in [-0.4, -0.2) is 17.7 Å². The number of carbonyl (C=O) groups excluding carboxylic acids is 3. The summed E-state index contributed by atoms with van der Waals surface area (Å²) in [6.45, 7) is 0. The average Bonchev–Trinajstić information content (AvgIpc) is 3.14. The van der Waals surface area contributed by atoms with Gasteiger partial charge < -0.3 is 16.0 Å². The molecule has 0 aromatic heterocycles. The third-order valence-corrected chi connectivity index (χ3v) is 6.39. The van der Waals surface area contributed by atoms with E-state index in [0.717, 1.165) is 16.3 Å². The fourth-order valence-electron chi connectivity index (χ4n) is 3.87. The highest BCUT2D eigenvalue weighted by Gasteiger charge is 2.39. The van der Waals surface area contributed by atoms with E-state index >= 15 is 0 Å². The number of nitrogens with zero attached hydrogens (tertiary/aromatic N) is 1. The Hall–Kier alpha value is -4.59. The number of benzene rings is 4. The lowest BCUT2D eigenvalue weighted by atomic mass is 10.1. The van der Waals surface area contributed by atoms with E-state index in [1.807, 2.05) is 42.5 Å². The van der Waals surface area contributed by atoms with Crippen molar-refractivity contribution in [2.45, 2.75) is 0 Å². The maximum absolute atomic E-state index is 13.0. The van der Waals surface area contributed by atoms with Gasteiger partial charge in [0.05, 0.1) is 10.7 Å². The zero-order valence-corrected chi connectivity index (χ0v) is 21.3. The Bertz CT molecular complexity index is 1570. The first-order valence-electron chi connectivity index (χ1n) is 11.5. The van der Waals surface area contributed by atoms with Crippen LogP contribution in [0.2, 0.25) is 5.02 Å². The van der Waals surface area contributed by atoms with Crippen LogP contribution in [-0.2, 0) is 9.59 Å². The van der Waals surface area contributed by atoms with Gasteiger partial charge in [0.25, 0.3) is 17.7 Å². The number of anilines is 5. The summed E-state index contributed by atoms with van der Waals surface area (Å²) in [6, 6.07) is 30.1. The van der Waals surface area contributed by atoms with Crippen molar-refractivity contribution in [3.05, 3.63) is 124 Å². The summed E-state index contributed by atoms with van der Waals surface area (Å²) in [5.74, 6) is -1.68. The van der Waals surface area contributed by atoms with Crippen molar-refractivity contribution in [1.29, 1.82) is 0 Å². The fraction of sp³-hybridized carbons (Fsp3) is 0. The maximum Gasteiger partial charge on any atom is 0.283 e. The number of hydrogen-bond acceptors (Lipinski definition) is 5. The number of para-hydroxylation sites is 2. The molecule has 5 rings (SSSR count). The highest BCUT2D eigenvalue weighted by molar-refractivity contribution is 6.53. The first-order chi connectivity index (χ1) is 18.4. The number of nitrogens with one attached hydrogen (secondary N) is 3. The van der Waals surface area contributed by atoms with Crippen molar-refractivity contribution in [2.24, 2.45) is 0 Å². The maximum atomic E-state index is 13.0. The van der Waals surface area contributed by atoms with Gasteiger partial charge in [-0.1, -0.05) is 59.6 Å². The summed E-state index contributed by atoms with van der Waals surface area (Å²) in [5, 5.41) is 8.99. The molecule has 38 heavy (non-hydrogen) atoms. The predicted molar refractivity (Wildman–Crippen MR) is 151 cm³/mol. The standard InChI is InChI=1S/C29H20Cl2N4O3/c30-23-11-4-5-12-24(23)35-28(37)25(31)26(29(35)38)33-22-10-6-7-18(17-22)27(36)34-21-15-13-20(14-16-21)32-19-8-2-1-3-9-19/h1-17,32-33H,(H,34,36). The van der Waals surface area contributed by atoms with Gasteiger partial charge in [0.2, 0.25) is 0 Å². The minimum Gasteiger partial charge on any atom is -0.356 e. The molecule has 0 saturated carbocycles. The third-order valence-electron chi connectivity index (χ3n) is 5.72. The van der Waals surface area contributed by atoms with Gasteiger partial charge in [0.1, 0.15) is 10.7 Å². The quantitative estimate of drug-likeness (QED) is 0.224. The van der Waals surface area contributed by atoms with Gasteiger partial charge in [-0.2, -0.15) is 0 Å². The third kappa shape index (κ3) is 5.25. The summed E-state index contributed by atoms with van der Waals surface area (Å²) < 4.78 is 0. The summed E-state index contributed by atoms with van der Waals surface area (Å²) in [4.78, 5) is 39.6. The molecule has 0 fully saturated rings. The zero-order chi connectivity index (χ0) is 26.6. The van der Waals surface area contributed by atoms with Crippen molar-refractivity contribution in [2.75, 3.05) is 20.9 Å². The van der Waals surface area contributed by atoms with Gasteiger partial charge >= 0.3 is 0 Å². The Balaban J connectivity index is 1.27. The van der Waals surface area contributed by atoms with E-state index in [0.29, 0.717) is 16.9 Å². The second kappa shape index (κ2) is 10.8. The predicted octanol–water partition coefficient (Wildman–Crippen LogP) is 6.77. The number of carbonyl (C=O) groups is 3. The van der Waals surface area contributed by atoms with Crippen LogP contribution in [0.3, 0.4) is 0 Å². The van der Waals surface area contributed by atoms with Crippen LogP contribution < -0.4 is 20.9 Å². The Morgan fingerprint density at radius 2 is 1.26 bits per heavy atom. The van der Waals surface area contributed by atoms with Crippen molar-refractivity contribution >= 4 is 69.4 Å². The second-order valence-corrected chi connectivity index (χ2v) is 9.10. The second-order valence-electron chi connectivity index (χ2n) is 8.31. The first kappa shape index (κ1) is 25.1. The van der Waals surface area contributed by atoms with E-state index in [1.165, 1.54) is 0 Å². The SMILES string of the molecule is O=C(Nc1ccc(Nc2ccccc2)cc1)c1cccc(NC2=C(Cl)C(=O)N(c3ccccc3Cl)C2=O)c1. The zero-order valence-electron chi connectivity index (χ0n) is 19.7. The van der Waals surface area contributed by atoms with Gasteiger partial charge in [0.15, 0.2) is 0 Å². The summed E-state index contributed by atoms with van der Waals surface area (Å²) in [6.07, 6.45) is 0. The lowest BCUT2D eigenvalue weighted by Gasteiger charge is -2.16. The Kier molecular flexibility index (Phi) is 7.13. The molecular weight excluding hydrogens is 523 g/mol. The van der Waals surface area contributed by atoms with Gasteiger partial charge in [-0.25, -0.2) is 4.90 Å². The molecule has 1 aliphatic rings. The highest BCUT2D eigenvalue weighted by atomic mass is 35.5. The Morgan fingerprint density at radius 3 is 2.00 bits per heavy atom. The topological polar surface area (TPSA) is 90.5 Å². The number of amides is 3. The molecule has 0 bridgehead atoms. The van der Waals surface area contributed by atoms with Crippen LogP contribution in [0.15, 0.2) is 114 Å². The molecule has 1 heterocycles. The minimum absolute atomic E-state index is 0.101. The monoisotopic (exact) mass is 542 g/mol. The van der Waals surface area contributed by atoms with E-state index in [9.17, 15) is 14.4 Å². The van der Waals surface area contributed by atoms with Crippen molar-refractivity contribution in [3.63, 3.8) is 0 Å². The summed E-state index contributed by atoms with van der Waals surface area (Å²) in [5.41, 5.74) is 3.35. The highest BCUT2D eigenvalue weighted by Crippen LogP contribution is 2.34. The molecule has 4 aromatic carbocycles. The molecule has 0 radical (unpaired) electrons. The normalized spacial score (nSPS) is 13.1. The van der Waals surface area contributed by atoms with Crippen molar-refractivity contribution in [3.8, 4) is 0 Å². The van der Waals surface area contributed by atoms with Gasteiger partial charge in [-0.15, -0.1) is 0 Å². The van der Waals surface area contributed by atoms with Crippen LogP contribution in [0.1, 0.15) is 10.4 Å². The van der Waals surface area contributed by atoms with Crippen LogP contribution >= 0.6 is 23.2 Å². The molecular formula is C29H20Cl2N4O3. The molecule has 0 aliphatic carbocycles. The molecule has 9 heteroatoms. The van der Waals surface area contributed by atoms with Crippen molar-refractivity contribution in [1.82, 2.24) is 0 Å². The Labute approximate surface area is 228 Å². The molecule has 0 unspecified atom stereocenters. The van der Waals surface area contributed by atoms with Gasteiger partial charge in [-0.05, 0) is 66.7 Å². The minimum atomic E-state index is -0.689. The molecule has 3 amide bonds. The smallest absolute Gasteiger partial charge is 0.283 e. The van der Waals surface area contributed by atoms with E-state index < -0.39 is 11.8 Å². The lowest BCUT2D eigenvalue weighted by Crippen LogP contribution is -2.32. The van der Waals surface area contributed by atoms with Crippen LogP contribution in [0.5, 0.6) is 0 Å². The van der Waals surface area contributed by atoms with Crippen LogP contribution in [0.4, 0.5) is 28.4 Å². The molecule has 1 aliphatic heterocycles. The largest absolute Gasteiger partial charge is 0.356 e. The van der Waals surface area contributed by atoms with E-state index in [4.69, 9.17) is 23.2 Å². The molecule has 7 nitrogen and oxygen atoms in total. The molecule has 0 atom stereocenters. The summed E-state index contributed by atoms with van der Waals surface area (Å²) in [7, 11) is 0. The molecule has 0 saturated heterocycles. The lowest BCUT2D eigenvalue weighted by molar-refractivity contribution is -0.120. The number of rotatable bonds is 7. The summed E-state index contributed by atoms with van der Waals surface area (Å²) >= 11 is 12.4. The number of imide groups is 1. The number of halogens is 2. The fourth-order valence-corrected chi connectivity index (χ4v) is 4.31. The average molecular weight is 543 g/mol. The molecule has 188 valence electrons. The molecule has 4 aromatic rings.